The fraction of sp³-hybridized carbons (Fsp3) is 0.643. The Morgan fingerprint density at radius 2 is 2.27 bits per heavy atom. The molecule has 0 unspecified atom stereocenters. The molecule has 2 N–H and O–H groups in total. The van der Waals surface area contributed by atoms with Crippen molar-refractivity contribution in [2.24, 2.45) is 5.41 Å². The molecule has 0 aliphatic carbocycles. The number of cyclic esters (lactones) is 2. The number of esters is 2. The molecule has 0 saturated carbocycles. The van der Waals surface area contributed by atoms with E-state index in [4.69, 9.17) is 19.9 Å². The van der Waals surface area contributed by atoms with Gasteiger partial charge in [0.1, 0.15) is 6.10 Å². The average molecular weight is 326 g/mol. The normalized spacial score (nSPS) is 34.2. The molecule has 0 amide bonds. The van der Waals surface area contributed by atoms with Crippen molar-refractivity contribution in [3.05, 3.63) is 11.1 Å². The van der Waals surface area contributed by atoms with Gasteiger partial charge in [-0.05, 0) is 13.8 Å². The Hall–Kier alpha value is -1.67. The molecule has 2 aliphatic rings. The molecule has 120 valence electrons. The van der Waals surface area contributed by atoms with E-state index in [9.17, 15) is 9.59 Å². The van der Waals surface area contributed by atoms with E-state index < -0.39 is 29.1 Å². The molecule has 3 heterocycles. The summed E-state index contributed by atoms with van der Waals surface area (Å²) in [7, 11) is 0. The summed E-state index contributed by atoms with van der Waals surface area (Å²) in [5.74, 6) is -1.08. The molecule has 2 aliphatic heterocycles. The first-order chi connectivity index (χ1) is 10.4. The van der Waals surface area contributed by atoms with Crippen LogP contribution < -0.4 is 5.73 Å². The highest BCUT2D eigenvalue weighted by Crippen LogP contribution is 2.52. The summed E-state index contributed by atoms with van der Waals surface area (Å²) in [5, 5.41) is 2.15. The average Bonchev–Trinajstić information content (AvgIpc) is 3.09. The van der Waals surface area contributed by atoms with Crippen LogP contribution in [0.3, 0.4) is 0 Å². The van der Waals surface area contributed by atoms with Crippen molar-refractivity contribution in [2.45, 2.75) is 38.4 Å². The number of thiazole rings is 1. The molecule has 2 saturated heterocycles. The lowest BCUT2D eigenvalue weighted by Crippen LogP contribution is -2.32. The first kappa shape index (κ1) is 15.2. The fourth-order valence-corrected chi connectivity index (χ4v) is 3.78. The molecule has 3 atom stereocenters. The zero-order valence-electron chi connectivity index (χ0n) is 12.5. The third kappa shape index (κ3) is 2.26. The third-order valence-corrected chi connectivity index (χ3v) is 4.83. The van der Waals surface area contributed by atoms with Crippen molar-refractivity contribution in [3.63, 3.8) is 0 Å². The van der Waals surface area contributed by atoms with Crippen LogP contribution in [0.1, 0.15) is 32.4 Å². The lowest BCUT2D eigenvalue weighted by Gasteiger charge is -2.20. The number of carbonyl (C=O) groups excluding carboxylic acids is 2. The number of carbonyl (C=O) groups is 2. The van der Waals surface area contributed by atoms with Gasteiger partial charge in [0, 0.05) is 24.8 Å². The van der Waals surface area contributed by atoms with Gasteiger partial charge in [0.05, 0.1) is 12.3 Å². The maximum absolute atomic E-state index is 12.4. The van der Waals surface area contributed by atoms with Crippen LogP contribution >= 0.6 is 11.3 Å². The van der Waals surface area contributed by atoms with Crippen LogP contribution in [0.2, 0.25) is 0 Å². The first-order valence-corrected chi connectivity index (χ1v) is 8.01. The first-order valence-electron chi connectivity index (χ1n) is 7.13. The number of hydrogen-bond donors (Lipinski definition) is 1. The van der Waals surface area contributed by atoms with Gasteiger partial charge in [-0.15, -0.1) is 11.3 Å². The van der Waals surface area contributed by atoms with Gasteiger partial charge in [-0.25, -0.2) is 4.98 Å². The largest absolute Gasteiger partial charge is 0.459 e. The second-order valence-electron chi connectivity index (χ2n) is 5.84. The number of hydrogen-bond acceptors (Lipinski definition) is 8. The topological polar surface area (TPSA) is 101 Å². The van der Waals surface area contributed by atoms with Crippen LogP contribution in [-0.2, 0) is 29.4 Å². The van der Waals surface area contributed by atoms with E-state index in [0.717, 1.165) is 0 Å². The van der Waals surface area contributed by atoms with Crippen molar-refractivity contribution in [1.29, 1.82) is 0 Å². The molecule has 3 rings (SSSR count). The highest BCUT2D eigenvalue weighted by Gasteiger charge is 2.65. The molecular formula is C14H18N2O5S. The van der Waals surface area contributed by atoms with Crippen molar-refractivity contribution >= 4 is 28.4 Å². The Morgan fingerprint density at radius 3 is 2.91 bits per heavy atom. The van der Waals surface area contributed by atoms with E-state index in [-0.39, 0.29) is 19.4 Å². The fourth-order valence-electron chi connectivity index (χ4n) is 3.09. The van der Waals surface area contributed by atoms with Gasteiger partial charge in [0.2, 0.25) is 0 Å². The molecule has 7 nitrogen and oxygen atoms in total. The van der Waals surface area contributed by atoms with Crippen LogP contribution in [-0.4, -0.2) is 36.2 Å². The maximum Gasteiger partial charge on any atom is 0.324 e. The van der Waals surface area contributed by atoms with Crippen molar-refractivity contribution in [3.8, 4) is 0 Å². The second-order valence-corrected chi connectivity index (χ2v) is 6.73. The van der Waals surface area contributed by atoms with E-state index in [1.165, 1.54) is 11.3 Å². The second kappa shape index (κ2) is 5.20. The van der Waals surface area contributed by atoms with E-state index >= 15 is 0 Å². The van der Waals surface area contributed by atoms with Gasteiger partial charge in [0.25, 0.3) is 0 Å². The van der Waals surface area contributed by atoms with Gasteiger partial charge in [0.15, 0.2) is 16.1 Å². The monoisotopic (exact) mass is 326 g/mol. The Kier molecular flexibility index (Phi) is 3.60. The van der Waals surface area contributed by atoms with Crippen LogP contribution in [0.4, 0.5) is 5.13 Å². The molecule has 2 fully saturated rings. The summed E-state index contributed by atoms with van der Waals surface area (Å²) in [4.78, 5) is 28.9. The highest BCUT2D eigenvalue weighted by atomic mass is 32.1. The summed E-state index contributed by atoms with van der Waals surface area (Å²) < 4.78 is 16.1. The van der Waals surface area contributed by atoms with Crippen LogP contribution in [0.25, 0.3) is 0 Å². The van der Waals surface area contributed by atoms with E-state index in [0.29, 0.717) is 17.4 Å². The number of aromatic nitrogens is 1. The number of anilines is 1. The quantitative estimate of drug-likeness (QED) is 0.656. The Bertz CT molecular complexity index is 618. The van der Waals surface area contributed by atoms with Gasteiger partial charge < -0.3 is 19.9 Å². The summed E-state index contributed by atoms with van der Waals surface area (Å²) in [6, 6.07) is 0. The van der Waals surface area contributed by atoms with E-state index in [2.05, 4.69) is 4.98 Å². The highest BCUT2D eigenvalue weighted by molar-refractivity contribution is 7.13. The van der Waals surface area contributed by atoms with Crippen LogP contribution in [0, 0.1) is 5.41 Å². The van der Waals surface area contributed by atoms with Gasteiger partial charge in [-0.3, -0.25) is 9.59 Å². The summed E-state index contributed by atoms with van der Waals surface area (Å²) in [6.07, 6.45) is 0.0754. The zero-order chi connectivity index (χ0) is 16.0. The number of nitrogens with zero attached hydrogens (tertiary/aromatic N) is 1. The third-order valence-electron chi connectivity index (χ3n) is 4.16. The molecular weight excluding hydrogens is 308 g/mol. The zero-order valence-corrected chi connectivity index (χ0v) is 13.3. The van der Waals surface area contributed by atoms with Crippen LogP contribution in [0.5, 0.6) is 0 Å². The van der Waals surface area contributed by atoms with Gasteiger partial charge in [-0.2, -0.15) is 0 Å². The molecule has 8 heteroatoms. The minimum absolute atomic E-state index is 0.212. The molecule has 1 spiro atoms. The summed E-state index contributed by atoms with van der Waals surface area (Å²) in [5.41, 5.74) is 4.01. The smallest absolute Gasteiger partial charge is 0.324 e. The standard InChI is InChI=1S/C14H18N2O5S/c1-3-19-5-8-4-14(10(17)20-8)7-13(2,21-11(14)18)9-6-22-12(15)16-9/h6,8H,3-5,7H2,1-2H3,(H2,15,16)/t8-,13+,14-/m0/s1. The number of ether oxygens (including phenoxy) is 3. The molecule has 0 bridgehead atoms. The predicted molar refractivity (Wildman–Crippen MR) is 78.0 cm³/mol. The van der Waals surface area contributed by atoms with Gasteiger partial charge in [-0.1, -0.05) is 0 Å². The summed E-state index contributed by atoms with van der Waals surface area (Å²) >= 11 is 1.27. The number of nitrogens with two attached hydrogens (primary N) is 1. The van der Waals surface area contributed by atoms with Crippen molar-refractivity contribution < 1.29 is 23.8 Å². The summed E-state index contributed by atoms with van der Waals surface area (Å²) in [6.45, 7) is 4.43. The SMILES string of the molecule is CCOC[C@@H]1C[C@]2(C[C@](C)(c3csc(N)n3)OC2=O)C(=O)O1. The molecule has 1 aromatic heterocycles. The minimum atomic E-state index is -1.26. The Balaban J connectivity index is 1.84. The predicted octanol–water partition coefficient (Wildman–Crippen LogP) is 1.23. The van der Waals surface area contributed by atoms with Crippen LogP contribution in [0.15, 0.2) is 5.38 Å². The van der Waals surface area contributed by atoms with Gasteiger partial charge >= 0.3 is 11.9 Å². The Morgan fingerprint density at radius 1 is 1.50 bits per heavy atom. The molecule has 0 radical (unpaired) electrons. The van der Waals surface area contributed by atoms with Crippen molar-refractivity contribution in [2.75, 3.05) is 18.9 Å². The lowest BCUT2D eigenvalue weighted by molar-refractivity contribution is -0.160. The number of nitrogen functional groups attached to an aromatic ring is 1. The molecule has 22 heavy (non-hydrogen) atoms. The Labute approximate surface area is 131 Å². The molecule has 0 aromatic carbocycles. The number of rotatable bonds is 4. The minimum Gasteiger partial charge on any atom is -0.459 e. The maximum atomic E-state index is 12.4. The molecule has 1 aromatic rings. The van der Waals surface area contributed by atoms with Crippen molar-refractivity contribution in [1.82, 2.24) is 4.98 Å². The van der Waals surface area contributed by atoms with E-state index in [1.807, 2.05) is 6.92 Å². The lowest BCUT2D eigenvalue weighted by atomic mass is 9.78. The van der Waals surface area contributed by atoms with E-state index in [1.54, 1.807) is 12.3 Å².